The van der Waals surface area contributed by atoms with Crippen molar-refractivity contribution in [1.29, 1.82) is 0 Å². The number of amides is 3. The van der Waals surface area contributed by atoms with Crippen molar-refractivity contribution in [2.45, 2.75) is 83.5 Å². The summed E-state index contributed by atoms with van der Waals surface area (Å²) in [7, 11) is 1.71. The lowest BCUT2D eigenvalue weighted by Crippen LogP contribution is -2.57. The van der Waals surface area contributed by atoms with Gasteiger partial charge >= 0.3 is 0 Å². The van der Waals surface area contributed by atoms with Crippen LogP contribution in [0.1, 0.15) is 58.4 Å². The molecule has 1 aromatic rings. The molecular formula is C24H38N4O3. The van der Waals surface area contributed by atoms with Crippen LogP contribution in [-0.4, -0.2) is 60.4 Å². The molecule has 1 saturated heterocycles. The first-order chi connectivity index (χ1) is 14.9. The second-order valence-electron chi connectivity index (χ2n) is 8.29. The Morgan fingerprint density at radius 2 is 1.84 bits per heavy atom. The van der Waals surface area contributed by atoms with Gasteiger partial charge in [0.15, 0.2) is 0 Å². The number of nitrogens with one attached hydrogen (secondary N) is 3. The second kappa shape index (κ2) is 12.4. The van der Waals surface area contributed by atoms with Gasteiger partial charge in [0.25, 0.3) is 0 Å². The van der Waals surface area contributed by atoms with Gasteiger partial charge in [-0.05, 0) is 51.6 Å². The van der Waals surface area contributed by atoms with E-state index >= 15 is 0 Å². The van der Waals surface area contributed by atoms with Crippen molar-refractivity contribution in [3.8, 4) is 0 Å². The van der Waals surface area contributed by atoms with Crippen molar-refractivity contribution >= 4 is 17.7 Å². The summed E-state index contributed by atoms with van der Waals surface area (Å²) >= 11 is 0. The molecule has 1 heterocycles. The zero-order chi connectivity index (χ0) is 22.8. The van der Waals surface area contributed by atoms with Gasteiger partial charge in [-0.15, -0.1) is 0 Å². The summed E-state index contributed by atoms with van der Waals surface area (Å²) in [5, 5.41) is 8.80. The van der Waals surface area contributed by atoms with E-state index in [4.69, 9.17) is 0 Å². The predicted octanol–water partition coefficient (Wildman–Crippen LogP) is 2.01. The fourth-order valence-corrected chi connectivity index (χ4v) is 4.12. The molecule has 0 aliphatic carbocycles. The molecule has 4 atom stereocenters. The van der Waals surface area contributed by atoms with Crippen molar-refractivity contribution in [1.82, 2.24) is 20.9 Å². The fourth-order valence-electron chi connectivity index (χ4n) is 4.12. The van der Waals surface area contributed by atoms with E-state index < -0.39 is 12.1 Å². The van der Waals surface area contributed by atoms with E-state index in [0.29, 0.717) is 19.4 Å². The van der Waals surface area contributed by atoms with Crippen LogP contribution in [0, 0.1) is 0 Å². The first kappa shape index (κ1) is 24.9. The number of hydrogen-bond acceptors (Lipinski definition) is 4. The van der Waals surface area contributed by atoms with Crippen molar-refractivity contribution in [3.63, 3.8) is 0 Å². The van der Waals surface area contributed by atoms with E-state index in [1.54, 1.807) is 18.9 Å². The monoisotopic (exact) mass is 430 g/mol. The van der Waals surface area contributed by atoms with Gasteiger partial charge < -0.3 is 20.9 Å². The lowest BCUT2D eigenvalue weighted by atomic mass is 10.1. The lowest BCUT2D eigenvalue weighted by Gasteiger charge is -2.33. The molecule has 1 fully saturated rings. The Balaban J connectivity index is 2.06. The van der Waals surface area contributed by atoms with Gasteiger partial charge in [-0.1, -0.05) is 50.6 Å². The average Bonchev–Trinajstić information content (AvgIpc) is 3.22. The van der Waals surface area contributed by atoms with Crippen LogP contribution in [0.4, 0.5) is 0 Å². The highest BCUT2D eigenvalue weighted by atomic mass is 16.2. The number of benzene rings is 1. The molecule has 1 aliphatic heterocycles. The highest BCUT2D eigenvalue weighted by molar-refractivity contribution is 5.93. The van der Waals surface area contributed by atoms with Gasteiger partial charge in [0.1, 0.15) is 12.1 Å². The molecule has 1 aliphatic rings. The summed E-state index contributed by atoms with van der Waals surface area (Å²) in [5.74, 6) is -0.457. The number of likely N-dealkylation sites (tertiary alicyclic amines) is 1. The molecule has 2 rings (SSSR count). The Morgan fingerprint density at radius 1 is 1.13 bits per heavy atom. The summed E-state index contributed by atoms with van der Waals surface area (Å²) in [4.78, 5) is 40.6. The smallest absolute Gasteiger partial charge is 0.246 e. The molecule has 3 amide bonds. The van der Waals surface area contributed by atoms with Gasteiger partial charge in [0.2, 0.25) is 17.7 Å². The topological polar surface area (TPSA) is 90.5 Å². The third kappa shape index (κ3) is 6.79. The first-order valence-corrected chi connectivity index (χ1v) is 11.5. The van der Waals surface area contributed by atoms with Crippen molar-refractivity contribution in [3.05, 3.63) is 35.9 Å². The van der Waals surface area contributed by atoms with Crippen molar-refractivity contribution in [2.75, 3.05) is 13.6 Å². The highest BCUT2D eigenvalue weighted by Crippen LogP contribution is 2.28. The minimum atomic E-state index is -0.611. The standard InChI is InChI=1S/C24H38N4O3/c1-5-10-20(27-22(29)17(3)25-4)24(31)28-19(6-2)13-14-21(28)23(30)26-16-15-18-11-8-7-9-12-18/h7-9,11-12,17,19-21,25H,5-6,10,13-16H2,1-4H3,(H,26,30)(H,27,29)/t17-,19-,20-,21-/m0/s1. The van der Waals surface area contributed by atoms with Crippen molar-refractivity contribution in [2.24, 2.45) is 0 Å². The first-order valence-electron chi connectivity index (χ1n) is 11.5. The van der Waals surface area contributed by atoms with Gasteiger partial charge in [-0.25, -0.2) is 0 Å². The van der Waals surface area contributed by atoms with E-state index in [1.807, 2.05) is 44.2 Å². The zero-order valence-corrected chi connectivity index (χ0v) is 19.3. The number of carbonyl (C=O) groups is 3. The Morgan fingerprint density at radius 3 is 2.45 bits per heavy atom. The number of nitrogens with zero attached hydrogens (tertiary/aromatic N) is 1. The summed E-state index contributed by atoms with van der Waals surface area (Å²) in [6.07, 6.45) is 4.32. The Kier molecular flexibility index (Phi) is 9.98. The fraction of sp³-hybridized carbons (Fsp3) is 0.625. The molecule has 3 N–H and O–H groups in total. The summed E-state index contributed by atoms with van der Waals surface area (Å²) in [6, 6.07) is 8.56. The minimum Gasteiger partial charge on any atom is -0.354 e. The maximum atomic E-state index is 13.5. The normalized spacial score (nSPS) is 20.2. The van der Waals surface area contributed by atoms with Crippen LogP contribution in [0.2, 0.25) is 0 Å². The van der Waals surface area contributed by atoms with Crippen LogP contribution in [-0.2, 0) is 20.8 Å². The summed E-state index contributed by atoms with van der Waals surface area (Å²) < 4.78 is 0. The summed E-state index contributed by atoms with van der Waals surface area (Å²) in [6.45, 7) is 6.32. The third-order valence-electron chi connectivity index (χ3n) is 6.10. The van der Waals surface area contributed by atoms with Crippen LogP contribution in [0.5, 0.6) is 0 Å². The molecule has 0 bridgehead atoms. The molecule has 0 radical (unpaired) electrons. The van der Waals surface area contributed by atoms with Gasteiger partial charge in [0.05, 0.1) is 6.04 Å². The van der Waals surface area contributed by atoms with Crippen molar-refractivity contribution < 1.29 is 14.4 Å². The Bertz CT molecular complexity index is 725. The number of carbonyl (C=O) groups excluding carboxylic acids is 3. The van der Waals surface area contributed by atoms with E-state index in [9.17, 15) is 14.4 Å². The lowest BCUT2D eigenvalue weighted by molar-refractivity contribution is -0.143. The molecule has 1 aromatic carbocycles. The molecule has 0 unspecified atom stereocenters. The Labute approximate surface area is 186 Å². The molecular weight excluding hydrogens is 392 g/mol. The van der Waals surface area contributed by atoms with Gasteiger partial charge in [-0.3, -0.25) is 14.4 Å². The van der Waals surface area contributed by atoms with Crippen LogP contribution >= 0.6 is 0 Å². The van der Waals surface area contributed by atoms with Gasteiger partial charge in [0, 0.05) is 12.6 Å². The number of hydrogen-bond donors (Lipinski definition) is 3. The maximum Gasteiger partial charge on any atom is 0.246 e. The van der Waals surface area contributed by atoms with E-state index in [1.165, 1.54) is 0 Å². The molecule has 0 saturated carbocycles. The number of rotatable bonds is 11. The molecule has 7 heteroatoms. The zero-order valence-electron chi connectivity index (χ0n) is 19.3. The van der Waals surface area contributed by atoms with E-state index in [-0.39, 0.29) is 29.8 Å². The molecule has 0 spiro atoms. The maximum absolute atomic E-state index is 13.5. The predicted molar refractivity (Wildman–Crippen MR) is 122 cm³/mol. The molecule has 31 heavy (non-hydrogen) atoms. The highest BCUT2D eigenvalue weighted by Gasteiger charge is 2.42. The van der Waals surface area contributed by atoms with Crippen LogP contribution in [0.15, 0.2) is 30.3 Å². The number of likely N-dealkylation sites (N-methyl/N-ethyl adjacent to an activating group) is 1. The van der Waals surface area contributed by atoms with E-state index in [2.05, 4.69) is 16.0 Å². The van der Waals surface area contributed by atoms with Crippen LogP contribution in [0.25, 0.3) is 0 Å². The minimum absolute atomic E-state index is 0.0235. The largest absolute Gasteiger partial charge is 0.354 e. The van der Waals surface area contributed by atoms with Gasteiger partial charge in [-0.2, -0.15) is 0 Å². The quantitative estimate of drug-likeness (QED) is 0.501. The Hall–Kier alpha value is -2.41. The molecule has 7 nitrogen and oxygen atoms in total. The van der Waals surface area contributed by atoms with Crippen LogP contribution in [0.3, 0.4) is 0 Å². The molecule has 0 aromatic heterocycles. The second-order valence-corrected chi connectivity index (χ2v) is 8.29. The summed E-state index contributed by atoms with van der Waals surface area (Å²) in [5.41, 5.74) is 1.16. The van der Waals surface area contributed by atoms with Crippen LogP contribution < -0.4 is 16.0 Å². The third-order valence-corrected chi connectivity index (χ3v) is 6.10. The van der Waals surface area contributed by atoms with E-state index in [0.717, 1.165) is 31.2 Å². The molecule has 172 valence electrons. The average molecular weight is 431 g/mol. The SMILES string of the molecule is CCC[C@H](NC(=O)[C@H](C)NC)C(=O)N1[C@@H](CC)CC[C@H]1C(=O)NCCc1ccccc1.